The van der Waals surface area contributed by atoms with E-state index >= 15 is 0 Å². The fourth-order valence-corrected chi connectivity index (χ4v) is 4.00. The maximum atomic E-state index is 13.0. The Kier molecular flexibility index (Phi) is 8.65. The Labute approximate surface area is 168 Å². The van der Waals surface area contributed by atoms with E-state index in [0.29, 0.717) is 11.8 Å². The highest BCUT2D eigenvalue weighted by Gasteiger charge is 2.60. The number of ether oxygens (including phenoxy) is 1. The predicted octanol–water partition coefficient (Wildman–Crippen LogP) is -0.637. The van der Waals surface area contributed by atoms with Crippen molar-refractivity contribution >= 4 is 34.7 Å². The smallest absolute Gasteiger partial charge is 0.329 e. The maximum absolute atomic E-state index is 13.0. The van der Waals surface area contributed by atoms with Crippen LogP contribution in [-0.4, -0.2) is 69.3 Å². The number of thioether (sulfide) groups is 1. The minimum absolute atomic E-state index is 0.0597. The number of nitrogens with one attached hydrogen (secondary N) is 2. The van der Waals surface area contributed by atoms with Crippen LogP contribution in [0.3, 0.4) is 0 Å². The Hall–Kier alpha value is -1.91. The number of hydrogen-bond acceptors (Lipinski definition) is 8. The number of aliphatic hydroxyl groups excluding tert-OH is 2. The summed E-state index contributed by atoms with van der Waals surface area (Å²) in [5.41, 5.74) is -1.90. The van der Waals surface area contributed by atoms with Crippen molar-refractivity contribution in [2.45, 2.75) is 51.5 Å². The molecule has 1 unspecified atom stereocenters. The average molecular weight is 416 g/mol. The van der Waals surface area contributed by atoms with Crippen molar-refractivity contribution < 1.29 is 34.1 Å². The minimum Gasteiger partial charge on any atom is -0.460 e. The van der Waals surface area contributed by atoms with E-state index in [4.69, 9.17) is 4.74 Å². The van der Waals surface area contributed by atoms with Gasteiger partial charge in [-0.3, -0.25) is 14.4 Å². The van der Waals surface area contributed by atoms with Gasteiger partial charge >= 0.3 is 5.97 Å². The second kappa shape index (κ2) is 10.0. The second-order valence-corrected chi connectivity index (χ2v) is 8.04. The Morgan fingerprint density at radius 1 is 1.43 bits per heavy atom. The highest BCUT2D eigenvalue weighted by atomic mass is 32.2. The molecule has 1 saturated heterocycles. The van der Waals surface area contributed by atoms with Crippen molar-refractivity contribution in [1.82, 2.24) is 10.6 Å². The second-order valence-electron chi connectivity index (χ2n) is 7.05. The molecule has 9 nitrogen and oxygen atoms in total. The normalized spacial score (nSPS) is 26.3. The van der Waals surface area contributed by atoms with Crippen LogP contribution in [0.4, 0.5) is 0 Å². The van der Waals surface area contributed by atoms with Crippen LogP contribution in [0, 0.1) is 11.8 Å². The van der Waals surface area contributed by atoms with Crippen molar-refractivity contribution in [3.8, 4) is 0 Å². The molecule has 0 aromatic rings. The lowest BCUT2D eigenvalue weighted by Crippen LogP contribution is -2.64. The molecule has 158 valence electrons. The van der Waals surface area contributed by atoms with Crippen LogP contribution in [0.2, 0.25) is 0 Å². The molecule has 2 amide bonds. The van der Waals surface area contributed by atoms with E-state index in [1.54, 1.807) is 13.8 Å². The molecule has 1 aliphatic heterocycles. The van der Waals surface area contributed by atoms with Crippen LogP contribution in [0.25, 0.3) is 0 Å². The van der Waals surface area contributed by atoms with E-state index < -0.39 is 58.5 Å². The summed E-state index contributed by atoms with van der Waals surface area (Å²) < 4.78 is 4.91. The lowest BCUT2D eigenvalue weighted by molar-refractivity contribution is -0.145. The number of aliphatic hydroxyl groups is 2. The van der Waals surface area contributed by atoms with E-state index in [1.165, 1.54) is 19.9 Å². The van der Waals surface area contributed by atoms with Gasteiger partial charge in [0, 0.05) is 12.7 Å². The monoisotopic (exact) mass is 416 g/mol. The first-order valence-electron chi connectivity index (χ1n) is 8.89. The van der Waals surface area contributed by atoms with E-state index in [9.17, 15) is 29.4 Å². The van der Waals surface area contributed by atoms with Crippen molar-refractivity contribution in [2.75, 3.05) is 12.4 Å². The van der Waals surface area contributed by atoms with Gasteiger partial charge in [0.15, 0.2) is 5.54 Å². The van der Waals surface area contributed by atoms with Crippen molar-refractivity contribution in [2.24, 2.45) is 11.8 Å². The molecule has 0 spiro atoms. The summed E-state index contributed by atoms with van der Waals surface area (Å²) in [5, 5.41) is 25.3. The Morgan fingerprint density at radius 3 is 2.46 bits per heavy atom. The molecule has 0 bridgehead atoms. The Morgan fingerprint density at radius 2 is 2.04 bits per heavy atom. The zero-order chi connectivity index (χ0) is 21.6. The maximum Gasteiger partial charge on any atom is 0.329 e. The van der Waals surface area contributed by atoms with Gasteiger partial charge in [0.2, 0.25) is 16.9 Å². The van der Waals surface area contributed by atoms with Crippen LogP contribution in [0.5, 0.6) is 0 Å². The van der Waals surface area contributed by atoms with Crippen molar-refractivity contribution in [3.05, 3.63) is 12.7 Å². The van der Waals surface area contributed by atoms with Gasteiger partial charge in [-0.15, -0.1) is 0 Å². The van der Waals surface area contributed by atoms with Crippen molar-refractivity contribution in [1.29, 1.82) is 0 Å². The van der Waals surface area contributed by atoms with Gasteiger partial charge in [-0.05, 0) is 5.92 Å². The lowest BCUT2D eigenvalue weighted by atomic mass is 9.81. The van der Waals surface area contributed by atoms with E-state index in [-0.39, 0.29) is 12.4 Å². The average Bonchev–Trinajstić information content (AvgIpc) is 2.86. The summed E-state index contributed by atoms with van der Waals surface area (Å²) in [5.74, 6) is -3.32. The van der Waals surface area contributed by atoms with Crippen LogP contribution in [-0.2, 0) is 23.9 Å². The summed E-state index contributed by atoms with van der Waals surface area (Å²) in [7, 11) is 0. The highest BCUT2D eigenvalue weighted by molar-refractivity contribution is 8.13. The molecular formula is C18H28N2O7S. The first-order chi connectivity index (χ1) is 13.0. The fourth-order valence-electron chi connectivity index (χ4n) is 2.93. The molecule has 0 aliphatic carbocycles. The topological polar surface area (TPSA) is 142 Å². The molecule has 10 heteroatoms. The number of hydrogen-bond donors (Lipinski definition) is 4. The number of rotatable bonds is 9. The summed E-state index contributed by atoms with van der Waals surface area (Å²) >= 11 is 0.623. The quantitative estimate of drug-likeness (QED) is 0.287. The van der Waals surface area contributed by atoms with Gasteiger partial charge in [0.25, 0.3) is 0 Å². The molecule has 0 radical (unpaired) electrons. The number of esters is 1. The first-order valence-corrected chi connectivity index (χ1v) is 9.87. The van der Waals surface area contributed by atoms with E-state index in [0.717, 1.165) is 0 Å². The molecular weight excluding hydrogens is 388 g/mol. The molecule has 1 rings (SSSR count). The minimum atomic E-state index is -1.90. The van der Waals surface area contributed by atoms with Gasteiger partial charge < -0.3 is 25.6 Å². The molecule has 0 aromatic heterocycles. The van der Waals surface area contributed by atoms with Gasteiger partial charge in [-0.1, -0.05) is 45.2 Å². The SMILES string of the molecule is C=CCOC(=O)[C@@H](CSC(=O)C1([C@H](O)C(C)C)NC(=O)[C@H](C)[C@@H]1O)NC(C)=O. The molecule has 0 saturated carbocycles. The molecule has 1 fully saturated rings. The first kappa shape index (κ1) is 24.1. The van der Waals surface area contributed by atoms with Gasteiger partial charge in [-0.2, -0.15) is 0 Å². The number of carbonyl (C=O) groups excluding carboxylic acids is 4. The van der Waals surface area contributed by atoms with Crippen molar-refractivity contribution in [3.63, 3.8) is 0 Å². The van der Waals surface area contributed by atoms with Crippen LogP contribution in [0.15, 0.2) is 12.7 Å². The lowest BCUT2D eigenvalue weighted by Gasteiger charge is -2.37. The summed E-state index contributed by atoms with van der Waals surface area (Å²) in [6.07, 6.45) is -1.42. The van der Waals surface area contributed by atoms with Gasteiger partial charge in [-0.25, -0.2) is 4.79 Å². The van der Waals surface area contributed by atoms with Gasteiger partial charge in [0.1, 0.15) is 12.6 Å². The summed E-state index contributed by atoms with van der Waals surface area (Å²) in [6.45, 7) is 9.34. The summed E-state index contributed by atoms with van der Waals surface area (Å²) in [4.78, 5) is 48.5. The molecule has 1 heterocycles. The fraction of sp³-hybridized carbons (Fsp3) is 0.667. The molecule has 0 aromatic carbocycles. The van der Waals surface area contributed by atoms with E-state index in [1.807, 2.05) is 0 Å². The van der Waals surface area contributed by atoms with Crippen LogP contribution in [0.1, 0.15) is 27.7 Å². The third-order valence-corrected chi connectivity index (χ3v) is 5.61. The molecule has 28 heavy (non-hydrogen) atoms. The van der Waals surface area contributed by atoms with Crippen LogP contribution < -0.4 is 10.6 Å². The highest BCUT2D eigenvalue weighted by Crippen LogP contribution is 2.36. The summed E-state index contributed by atoms with van der Waals surface area (Å²) in [6, 6.07) is -1.12. The number of amides is 2. The molecule has 4 N–H and O–H groups in total. The van der Waals surface area contributed by atoms with E-state index in [2.05, 4.69) is 17.2 Å². The largest absolute Gasteiger partial charge is 0.460 e. The Bertz CT molecular complexity index is 639. The molecule has 5 atom stereocenters. The Balaban J connectivity index is 3.03. The van der Waals surface area contributed by atoms with Crippen LogP contribution >= 0.6 is 11.8 Å². The number of carbonyl (C=O) groups is 4. The van der Waals surface area contributed by atoms with Gasteiger partial charge in [0.05, 0.1) is 18.1 Å². The predicted molar refractivity (Wildman–Crippen MR) is 103 cm³/mol. The standard InChI is InChI=1S/C18H28N2O7S/c1-6-7-27-16(25)12(19-11(5)21)8-28-17(26)18(13(22)9(2)3)14(23)10(4)15(24)20-18/h6,9-10,12-14,22-23H,1,7-8H2,2-5H3,(H,19,21)(H,20,24)/t10-,12-,13-,14+,18?/m1/s1. The third kappa shape index (κ3) is 5.12. The third-order valence-electron chi connectivity index (χ3n) is 4.51. The zero-order valence-electron chi connectivity index (χ0n) is 16.4. The zero-order valence-corrected chi connectivity index (χ0v) is 17.2. The molecule has 1 aliphatic rings.